The summed E-state index contributed by atoms with van der Waals surface area (Å²) in [5, 5.41) is 9.73. The highest BCUT2D eigenvalue weighted by Gasteiger charge is 2.66. The van der Waals surface area contributed by atoms with Crippen LogP contribution in [0.1, 0.15) is 31.7 Å². The SMILES string of the molecule is C[C@@H]1[C@@H]([Si](C)(C)F)[C@H](CC(=O)N2CCC[C@H]2CO)O[C@@]12C(=O)N(C)c1ccc(N(C=O)c3ccccc3)cc12. The van der Waals surface area contributed by atoms with Crippen LogP contribution in [-0.2, 0) is 24.7 Å². The van der Waals surface area contributed by atoms with Gasteiger partial charge in [0.25, 0.3) is 5.91 Å². The minimum atomic E-state index is -3.43. The van der Waals surface area contributed by atoms with E-state index < -0.39 is 31.6 Å². The molecule has 1 spiro atoms. The first-order valence-electron chi connectivity index (χ1n) is 13.5. The van der Waals surface area contributed by atoms with Crippen molar-refractivity contribution in [3.8, 4) is 0 Å². The quantitative estimate of drug-likeness (QED) is 0.317. The minimum absolute atomic E-state index is 0.0515. The van der Waals surface area contributed by atoms with E-state index in [0.29, 0.717) is 29.2 Å². The van der Waals surface area contributed by atoms with Crippen LogP contribution in [0.2, 0.25) is 18.6 Å². The molecular formula is C29H36FN3O5Si. The van der Waals surface area contributed by atoms with E-state index in [0.717, 1.165) is 19.3 Å². The molecule has 0 radical (unpaired) electrons. The van der Waals surface area contributed by atoms with Crippen LogP contribution >= 0.6 is 0 Å². The average molecular weight is 554 g/mol. The number of anilines is 3. The van der Waals surface area contributed by atoms with Gasteiger partial charge in [-0.05, 0) is 56.3 Å². The molecule has 0 aliphatic carbocycles. The molecule has 0 saturated carbocycles. The maximum Gasteiger partial charge on any atom is 0.264 e. The van der Waals surface area contributed by atoms with Gasteiger partial charge in [-0.1, -0.05) is 25.1 Å². The van der Waals surface area contributed by atoms with Crippen molar-refractivity contribution in [3.05, 3.63) is 54.1 Å². The van der Waals surface area contributed by atoms with Crippen molar-refractivity contribution in [2.24, 2.45) is 5.92 Å². The van der Waals surface area contributed by atoms with Crippen LogP contribution in [0.15, 0.2) is 48.5 Å². The second-order valence-electron chi connectivity index (χ2n) is 11.4. The molecule has 5 rings (SSSR count). The fourth-order valence-corrected chi connectivity index (χ4v) is 9.49. The maximum atomic E-state index is 16.0. The normalized spacial score (nSPS) is 28.3. The Kier molecular flexibility index (Phi) is 7.15. The first-order chi connectivity index (χ1) is 18.5. The van der Waals surface area contributed by atoms with Gasteiger partial charge in [0.15, 0.2) is 5.60 Å². The Hall–Kier alpha value is -3.08. The van der Waals surface area contributed by atoms with E-state index in [1.54, 1.807) is 43.2 Å². The van der Waals surface area contributed by atoms with Crippen LogP contribution in [0.3, 0.4) is 0 Å². The summed E-state index contributed by atoms with van der Waals surface area (Å²) in [4.78, 5) is 44.2. The number of carbonyl (C=O) groups is 3. The lowest BCUT2D eigenvalue weighted by atomic mass is 9.82. The van der Waals surface area contributed by atoms with Gasteiger partial charge < -0.3 is 23.8 Å². The number of hydrogen-bond acceptors (Lipinski definition) is 5. The standard InChI is InChI=1S/C29H36FN3O5Si/c1-19-27(39(3,4)30)25(16-26(36)32-14-8-11-22(32)17-34)38-29(19)23-15-21(12-13-24(23)31(2)28(29)37)33(18-35)20-9-6-5-7-10-20/h5-7,9-10,12-13,15,18-19,22,25,27,34H,8,11,14,16-17H2,1-4H3/t19-,22+,25+,27-,29+/m1/s1. The number of rotatable bonds is 7. The number of para-hydroxylation sites is 1. The van der Waals surface area contributed by atoms with E-state index in [-0.39, 0.29) is 30.9 Å². The van der Waals surface area contributed by atoms with Gasteiger partial charge >= 0.3 is 0 Å². The van der Waals surface area contributed by atoms with Crippen LogP contribution in [-0.4, -0.2) is 69.0 Å². The minimum Gasteiger partial charge on any atom is -0.394 e. The summed E-state index contributed by atoms with van der Waals surface area (Å²) in [5.41, 5.74) is 0.360. The largest absolute Gasteiger partial charge is 0.394 e. The van der Waals surface area contributed by atoms with Gasteiger partial charge in [0.2, 0.25) is 20.7 Å². The molecule has 2 aromatic carbocycles. The van der Waals surface area contributed by atoms with E-state index in [4.69, 9.17) is 4.74 Å². The zero-order chi connectivity index (χ0) is 28.1. The Morgan fingerprint density at radius 3 is 2.59 bits per heavy atom. The lowest BCUT2D eigenvalue weighted by molar-refractivity contribution is -0.149. The zero-order valence-corrected chi connectivity index (χ0v) is 23.8. The number of benzene rings is 2. The molecule has 208 valence electrons. The lowest BCUT2D eigenvalue weighted by Crippen LogP contribution is -2.44. The highest BCUT2D eigenvalue weighted by Crippen LogP contribution is 2.60. The van der Waals surface area contributed by atoms with E-state index in [1.807, 2.05) is 37.3 Å². The molecular weight excluding hydrogens is 517 g/mol. The predicted octanol–water partition coefficient (Wildman–Crippen LogP) is 4.11. The fourth-order valence-electron chi connectivity index (χ4n) is 6.99. The van der Waals surface area contributed by atoms with Crippen LogP contribution in [0.4, 0.5) is 21.2 Å². The van der Waals surface area contributed by atoms with E-state index in [1.165, 1.54) is 9.80 Å². The number of halogens is 1. The Balaban J connectivity index is 1.56. The second-order valence-corrected chi connectivity index (χ2v) is 15.2. The molecule has 8 nitrogen and oxygen atoms in total. The van der Waals surface area contributed by atoms with Crippen molar-refractivity contribution < 1.29 is 28.3 Å². The molecule has 2 saturated heterocycles. The van der Waals surface area contributed by atoms with Gasteiger partial charge in [0.1, 0.15) is 0 Å². The van der Waals surface area contributed by atoms with E-state index in [2.05, 4.69) is 0 Å². The average Bonchev–Trinajstić information content (AvgIpc) is 3.56. The number of fused-ring (bicyclic) bond motifs is 2. The molecule has 1 N–H and O–H groups in total. The number of ether oxygens (including phenoxy) is 1. The summed E-state index contributed by atoms with van der Waals surface area (Å²) in [6.45, 7) is 5.48. The molecule has 2 fully saturated rings. The van der Waals surface area contributed by atoms with Gasteiger partial charge in [-0.3, -0.25) is 19.3 Å². The summed E-state index contributed by atoms with van der Waals surface area (Å²) in [5.74, 6) is -1.03. The molecule has 0 unspecified atom stereocenters. The third-order valence-electron chi connectivity index (χ3n) is 8.78. The summed E-state index contributed by atoms with van der Waals surface area (Å²) in [6, 6.07) is 14.3. The number of hydrogen-bond donors (Lipinski definition) is 1. The Labute approximate surface area is 229 Å². The Morgan fingerprint density at radius 2 is 1.95 bits per heavy atom. The van der Waals surface area contributed by atoms with Crippen LogP contribution in [0.25, 0.3) is 0 Å². The second kappa shape index (κ2) is 10.1. The van der Waals surface area contributed by atoms with E-state index >= 15 is 4.11 Å². The zero-order valence-electron chi connectivity index (χ0n) is 22.8. The van der Waals surface area contributed by atoms with Crippen molar-refractivity contribution in [2.45, 2.75) is 62.6 Å². The molecule has 3 aliphatic heterocycles. The summed E-state index contributed by atoms with van der Waals surface area (Å²) in [6.07, 6.45) is 1.42. The molecule has 2 aromatic rings. The number of carbonyl (C=O) groups excluding carboxylic acids is 3. The van der Waals surface area contributed by atoms with Crippen molar-refractivity contribution in [3.63, 3.8) is 0 Å². The first-order valence-corrected chi connectivity index (χ1v) is 16.5. The number of aliphatic hydroxyl groups is 1. The number of nitrogens with zero attached hydrogens (tertiary/aromatic N) is 3. The topological polar surface area (TPSA) is 90.4 Å². The summed E-state index contributed by atoms with van der Waals surface area (Å²) in [7, 11) is -1.76. The van der Waals surface area contributed by atoms with Crippen LogP contribution < -0.4 is 9.80 Å². The van der Waals surface area contributed by atoms with Crippen LogP contribution in [0.5, 0.6) is 0 Å². The summed E-state index contributed by atoms with van der Waals surface area (Å²) < 4.78 is 22.6. The maximum absolute atomic E-state index is 16.0. The molecule has 3 heterocycles. The molecule has 3 amide bonds. The van der Waals surface area contributed by atoms with Crippen LogP contribution in [0, 0.1) is 5.92 Å². The van der Waals surface area contributed by atoms with E-state index in [9.17, 15) is 19.5 Å². The third-order valence-corrected chi connectivity index (χ3v) is 11.2. The van der Waals surface area contributed by atoms with Gasteiger partial charge in [-0.25, -0.2) is 0 Å². The van der Waals surface area contributed by atoms with Crippen molar-refractivity contribution in [2.75, 3.05) is 30.0 Å². The monoisotopic (exact) mass is 553 g/mol. The number of likely N-dealkylation sites (tertiary alicyclic amines) is 1. The molecule has 10 heteroatoms. The number of amides is 3. The number of likely N-dealkylation sites (N-methyl/N-ethyl adjacent to an activating group) is 1. The number of aliphatic hydroxyl groups excluding tert-OH is 1. The fraction of sp³-hybridized carbons (Fsp3) is 0.483. The lowest BCUT2D eigenvalue weighted by Gasteiger charge is -2.31. The molecule has 3 aliphatic rings. The van der Waals surface area contributed by atoms with Gasteiger partial charge in [-0.15, -0.1) is 0 Å². The summed E-state index contributed by atoms with van der Waals surface area (Å²) >= 11 is 0. The highest BCUT2D eigenvalue weighted by molar-refractivity contribution is 6.72. The Morgan fingerprint density at radius 1 is 1.23 bits per heavy atom. The third kappa shape index (κ3) is 4.38. The van der Waals surface area contributed by atoms with Gasteiger partial charge in [0.05, 0.1) is 30.9 Å². The van der Waals surface area contributed by atoms with Gasteiger partial charge in [0, 0.05) is 42.0 Å². The van der Waals surface area contributed by atoms with Crippen molar-refractivity contribution in [1.29, 1.82) is 0 Å². The highest BCUT2D eigenvalue weighted by atomic mass is 28.4. The smallest absolute Gasteiger partial charge is 0.264 e. The molecule has 39 heavy (non-hydrogen) atoms. The molecule has 5 atom stereocenters. The van der Waals surface area contributed by atoms with Gasteiger partial charge in [-0.2, -0.15) is 0 Å². The Bertz CT molecular complexity index is 1270. The molecule has 0 bridgehead atoms. The molecule has 0 aromatic heterocycles. The van der Waals surface area contributed by atoms with Crippen molar-refractivity contribution >= 4 is 43.7 Å². The van der Waals surface area contributed by atoms with Crippen molar-refractivity contribution in [1.82, 2.24) is 4.90 Å². The first kappa shape index (κ1) is 27.5. The predicted molar refractivity (Wildman–Crippen MR) is 149 cm³/mol.